The maximum atomic E-state index is 14.1. The molecule has 8 heteroatoms. The highest BCUT2D eigenvalue weighted by Gasteiger charge is 2.22. The van der Waals surface area contributed by atoms with Crippen molar-refractivity contribution in [2.75, 3.05) is 0 Å². The van der Waals surface area contributed by atoms with Crippen LogP contribution in [-0.2, 0) is 6.61 Å². The van der Waals surface area contributed by atoms with Crippen molar-refractivity contribution in [3.63, 3.8) is 0 Å². The zero-order valence-corrected chi connectivity index (χ0v) is 19.0. The summed E-state index contributed by atoms with van der Waals surface area (Å²) >= 11 is 3.46. The number of benzene rings is 2. The average molecular weight is 518 g/mol. The van der Waals surface area contributed by atoms with Crippen LogP contribution in [0.5, 0.6) is 5.75 Å². The average Bonchev–Trinajstić information content (AvgIpc) is 2.79. The molecule has 1 aromatic heterocycles. The first-order chi connectivity index (χ1) is 15.8. The molecule has 1 N–H and O–H groups in total. The Labute approximate surface area is 196 Å². The Morgan fingerprint density at radius 2 is 1.70 bits per heavy atom. The van der Waals surface area contributed by atoms with Crippen molar-refractivity contribution < 1.29 is 27.8 Å². The third-order valence-electron chi connectivity index (χ3n) is 5.49. The van der Waals surface area contributed by atoms with Crippen molar-refractivity contribution in [2.24, 2.45) is 0 Å². The van der Waals surface area contributed by atoms with Crippen LogP contribution in [0.1, 0.15) is 53.0 Å². The highest BCUT2D eigenvalue weighted by atomic mass is 79.9. The van der Waals surface area contributed by atoms with Gasteiger partial charge in [-0.25, -0.2) is 22.9 Å². The van der Waals surface area contributed by atoms with Crippen LogP contribution in [0, 0.1) is 17.5 Å². The second-order valence-electron chi connectivity index (χ2n) is 7.65. The lowest BCUT2D eigenvalue weighted by Crippen LogP contribution is -2.07. The van der Waals surface area contributed by atoms with Gasteiger partial charge in [0, 0.05) is 22.2 Å². The molecule has 0 spiro atoms. The molecule has 33 heavy (non-hydrogen) atoms. The van der Waals surface area contributed by atoms with Gasteiger partial charge >= 0.3 is 5.97 Å². The van der Waals surface area contributed by atoms with Crippen molar-refractivity contribution in [3.05, 3.63) is 93.0 Å². The molecule has 4 rings (SSSR count). The molecule has 170 valence electrons. The van der Waals surface area contributed by atoms with Crippen molar-refractivity contribution in [2.45, 2.75) is 32.3 Å². The fourth-order valence-corrected chi connectivity index (χ4v) is 4.29. The molecule has 0 unspecified atom stereocenters. The first kappa shape index (κ1) is 23.0. The number of nitrogens with zero attached hydrogens (tertiary/aromatic N) is 1. The molecule has 0 radical (unpaired) electrons. The molecule has 0 saturated heterocycles. The lowest BCUT2D eigenvalue weighted by atomic mass is 9.85. The van der Waals surface area contributed by atoms with Gasteiger partial charge in [0.2, 0.25) is 0 Å². The largest absolute Gasteiger partial charge is 0.488 e. The topological polar surface area (TPSA) is 59.4 Å². The maximum Gasteiger partial charge on any atom is 0.354 e. The van der Waals surface area contributed by atoms with Gasteiger partial charge in [-0.05, 0) is 67.2 Å². The highest BCUT2D eigenvalue weighted by molar-refractivity contribution is 9.10. The minimum atomic E-state index is -1.11. The number of hydrogen-bond acceptors (Lipinski definition) is 3. The van der Waals surface area contributed by atoms with E-state index in [0.29, 0.717) is 36.4 Å². The zero-order valence-electron chi connectivity index (χ0n) is 17.4. The molecular weight excluding hydrogens is 499 g/mol. The Hall–Kier alpha value is -3.13. The quantitative estimate of drug-likeness (QED) is 0.381. The Kier molecular flexibility index (Phi) is 6.83. The summed E-state index contributed by atoms with van der Waals surface area (Å²) in [6.45, 7) is -0.415. The van der Waals surface area contributed by atoms with Crippen molar-refractivity contribution in [3.8, 4) is 5.75 Å². The number of hydrogen-bond donors (Lipinski definition) is 1. The van der Waals surface area contributed by atoms with E-state index in [9.17, 15) is 23.1 Å². The van der Waals surface area contributed by atoms with E-state index in [0.717, 1.165) is 34.0 Å². The molecule has 4 nitrogen and oxygen atoms in total. The number of aromatic nitrogens is 1. The number of rotatable bonds is 6. The van der Waals surface area contributed by atoms with E-state index in [1.165, 1.54) is 6.07 Å². The van der Waals surface area contributed by atoms with Crippen LogP contribution in [0.25, 0.3) is 11.1 Å². The van der Waals surface area contributed by atoms with Crippen LogP contribution in [0.2, 0.25) is 0 Å². The number of pyridine rings is 1. The molecule has 1 aliphatic rings. The van der Waals surface area contributed by atoms with Gasteiger partial charge in [0.1, 0.15) is 35.5 Å². The summed E-state index contributed by atoms with van der Waals surface area (Å²) < 4.78 is 48.0. The highest BCUT2D eigenvalue weighted by Crippen LogP contribution is 2.42. The fraction of sp³-hybridized carbons (Fsp3) is 0.200. The lowest BCUT2D eigenvalue weighted by Gasteiger charge is -2.23. The predicted molar refractivity (Wildman–Crippen MR) is 121 cm³/mol. The summed E-state index contributed by atoms with van der Waals surface area (Å²) in [4.78, 5) is 15.7. The van der Waals surface area contributed by atoms with Crippen molar-refractivity contribution in [1.82, 2.24) is 4.98 Å². The Morgan fingerprint density at radius 1 is 1.00 bits per heavy atom. The summed E-state index contributed by atoms with van der Waals surface area (Å²) in [5, 5.41) is 9.32. The van der Waals surface area contributed by atoms with Crippen molar-refractivity contribution in [1.29, 1.82) is 0 Å². The normalized spacial score (nSPS) is 13.8. The standard InChI is InChI=1S/C25H19BrF3NO3/c26-14-8-9-24(33-13-19-20(28)11-15(27)12-21(19)29)18(10-14)16-4-1-2-5-17(16)22-6-3-7-23(30-22)25(31)32/h3,6-12H,1-2,4-5,13H2,(H,31,32). The molecule has 0 bridgehead atoms. The second-order valence-corrected chi connectivity index (χ2v) is 8.57. The fourth-order valence-electron chi connectivity index (χ4n) is 3.93. The van der Waals surface area contributed by atoms with Crippen LogP contribution in [0.4, 0.5) is 13.2 Å². The number of halogens is 4. The van der Waals surface area contributed by atoms with E-state index in [2.05, 4.69) is 20.9 Å². The van der Waals surface area contributed by atoms with Gasteiger partial charge in [-0.2, -0.15) is 0 Å². The summed E-state index contributed by atoms with van der Waals surface area (Å²) in [6.07, 6.45) is 3.26. The van der Waals surface area contributed by atoms with Gasteiger partial charge in [0.25, 0.3) is 0 Å². The van der Waals surface area contributed by atoms with Crippen LogP contribution in [0.15, 0.2) is 53.0 Å². The Morgan fingerprint density at radius 3 is 2.39 bits per heavy atom. The summed E-state index contributed by atoms with van der Waals surface area (Å²) in [7, 11) is 0. The summed E-state index contributed by atoms with van der Waals surface area (Å²) in [6, 6.07) is 11.4. The first-order valence-corrected chi connectivity index (χ1v) is 11.1. The monoisotopic (exact) mass is 517 g/mol. The first-order valence-electron chi connectivity index (χ1n) is 10.3. The summed E-state index contributed by atoms with van der Waals surface area (Å²) in [5.74, 6) is -3.72. The molecule has 0 fully saturated rings. The number of ether oxygens (including phenoxy) is 1. The van der Waals surface area contributed by atoms with E-state index in [1.54, 1.807) is 24.3 Å². The van der Waals surface area contributed by atoms with Crippen molar-refractivity contribution >= 4 is 33.0 Å². The lowest BCUT2D eigenvalue weighted by molar-refractivity contribution is 0.0690. The molecule has 1 heterocycles. The Balaban J connectivity index is 1.75. The van der Waals surface area contributed by atoms with E-state index in [-0.39, 0.29) is 11.3 Å². The SMILES string of the molecule is O=C(O)c1cccc(C2=C(c3cc(Br)ccc3OCc3c(F)cc(F)cc3F)CCCC2)n1. The number of allylic oxidation sites excluding steroid dienone is 2. The molecule has 0 atom stereocenters. The molecule has 0 aliphatic heterocycles. The molecule has 0 saturated carbocycles. The second kappa shape index (κ2) is 9.79. The molecular formula is C25H19BrF3NO3. The van der Waals surface area contributed by atoms with Gasteiger partial charge in [0.05, 0.1) is 11.3 Å². The van der Waals surface area contributed by atoms with E-state index < -0.39 is 30.0 Å². The van der Waals surface area contributed by atoms with Crippen LogP contribution < -0.4 is 4.74 Å². The van der Waals surface area contributed by atoms with Gasteiger partial charge in [-0.15, -0.1) is 0 Å². The molecule has 2 aromatic carbocycles. The molecule has 1 aliphatic carbocycles. The predicted octanol–water partition coefficient (Wildman–Crippen LogP) is 7.02. The number of aromatic carboxylic acids is 1. The van der Waals surface area contributed by atoms with Crippen LogP contribution in [0.3, 0.4) is 0 Å². The maximum absolute atomic E-state index is 14.1. The smallest absolute Gasteiger partial charge is 0.354 e. The third-order valence-corrected chi connectivity index (χ3v) is 5.98. The molecule has 3 aromatic rings. The number of carbonyl (C=O) groups is 1. The van der Waals surface area contributed by atoms with Crippen LogP contribution in [-0.4, -0.2) is 16.1 Å². The third kappa shape index (κ3) is 5.11. The number of carboxylic acids is 1. The minimum Gasteiger partial charge on any atom is -0.488 e. The van der Waals surface area contributed by atoms with Gasteiger partial charge in [-0.1, -0.05) is 22.0 Å². The minimum absolute atomic E-state index is 0.0436. The van der Waals surface area contributed by atoms with Crippen LogP contribution >= 0.6 is 15.9 Å². The molecule has 0 amide bonds. The number of carboxylic acid groups (broad SMARTS) is 1. The van der Waals surface area contributed by atoms with E-state index >= 15 is 0 Å². The zero-order chi connectivity index (χ0) is 23.5. The van der Waals surface area contributed by atoms with Gasteiger partial charge in [-0.3, -0.25) is 0 Å². The summed E-state index contributed by atoms with van der Waals surface area (Å²) in [5.41, 5.74) is 2.74. The Bertz CT molecular complexity index is 1240. The van der Waals surface area contributed by atoms with Gasteiger partial charge in [0.15, 0.2) is 0 Å². The van der Waals surface area contributed by atoms with E-state index in [4.69, 9.17) is 4.74 Å². The van der Waals surface area contributed by atoms with Gasteiger partial charge < -0.3 is 9.84 Å². The van der Waals surface area contributed by atoms with E-state index in [1.807, 2.05) is 6.07 Å².